The van der Waals surface area contributed by atoms with E-state index in [-0.39, 0.29) is 38.4 Å². The van der Waals surface area contributed by atoms with Crippen LogP contribution in [0.4, 0.5) is 5.69 Å². The summed E-state index contributed by atoms with van der Waals surface area (Å²) in [6.07, 6.45) is 0. The van der Waals surface area contributed by atoms with Gasteiger partial charge in [0.25, 0.3) is 5.69 Å². The van der Waals surface area contributed by atoms with Crippen molar-refractivity contribution in [2.45, 2.75) is 16.7 Å². The van der Waals surface area contributed by atoms with Gasteiger partial charge in [-0.1, -0.05) is 30.3 Å². The van der Waals surface area contributed by atoms with E-state index in [9.17, 15) is 23.3 Å². The van der Waals surface area contributed by atoms with Crippen molar-refractivity contribution in [1.82, 2.24) is 9.78 Å². The van der Waals surface area contributed by atoms with Gasteiger partial charge in [-0.05, 0) is 43.3 Å². The highest BCUT2D eigenvalue weighted by atomic mass is 32.2. The molecule has 0 aliphatic heterocycles. The molecule has 10 nitrogen and oxygen atoms in total. The quantitative estimate of drug-likeness (QED) is 0.213. The molecule has 0 N–H and O–H groups in total. The molecule has 1 heterocycles. The molecule has 0 saturated heterocycles. The molecule has 11 heteroatoms. The second-order valence-electron chi connectivity index (χ2n) is 7.31. The number of aromatic nitrogens is 2. The van der Waals surface area contributed by atoms with E-state index in [0.29, 0.717) is 5.69 Å². The molecule has 0 unspecified atom stereocenters. The van der Waals surface area contributed by atoms with Crippen molar-refractivity contribution < 1.29 is 27.6 Å². The number of aryl methyl sites for hydroxylation is 1. The predicted octanol–water partition coefficient (Wildman–Crippen LogP) is 4.15. The van der Waals surface area contributed by atoms with Crippen LogP contribution in [-0.4, -0.2) is 36.2 Å². The fraction of sp³-hybridized carbons (Fsp3) is 0.0833. The Bertz CT molecular complexity index is 1510. The second-order valence-corrected chi connectivity index (χ2v) is 9.20. The third-order valence-electron chi connectivity index (χ3n) is 5.11. The van der Waals surface area contributed by atoms with Gasteiger partial charge in [-0.2, -0.15) is 9.78 Å². The third kappa shape index (κ3) is 4.49. The Labute approximate surface area is 200 Å². The van der Waals surface area contributed by atoms with Crippen LogP contribution in [0.2, 0.25) is 0 Å². The first-order valence-electron chi connectivity index (χ1n) is 10.2. The number of non-ortho nitro benzene ring substituents is 1. The molecule has 0 fully saturated rings. The van der Waals surface area contributed by atoms with Crippen LogP contribution in [0.3, 0.4) is 0 Å². The van der Waals surface area contributed by atoms with Gasteiger partial charge in [0, 0.05) is 12.1 Å². The zero-order valence-corrected chi connectivity index (χ0v) is 19.4. The van der Waals surface area contributed by atoms with Crippen molar-refractivity contribution >= 4 is 21.5 Å². The molecule has 3 aromatic carbocycles. The number of esters is 1. The van der Waals surface area contributed by atoms with Gasteiger partial charge in [0.1, 0.15) is 11.3 Å². The number of hydrogen-bond acceptors (Lipinski definition) is 8. The molecular formula is C24H19N3O7S. The number of benzene rings is 3. The molecular weight excluding hydrogens is 474 g/mol. The Morgan fingerprint density at radius 2 is 1.60 bits per heavy atom. The number of carbonyl (C=O) groups is 1. The molecule has 0 aliphatic rings. The highest BCUT2D eigenvalue weighted by Crippen LogP contribution is 2.36. The van der Waals surface area contributed by atoms with Crippen LogP contribution < -0.4 is 9.47 Å². The molecule has 0 radical (unpaired) electrons. The maximum atomic E-state index is 13.6. The van der Waals surface area contributed by atoms with Gasteiger partial charge in [-0.15, -0.1) is 0 Å². The number of nitro groups is 1. The first kappa shape index (κ1) is 23.6. The van der Waals surface area contributed by atoms with Crippen LogP contribution in [0.5, 0.6) is 11.6 Å². The smallest absolute Gasteiger partial charge is 0.348 e. The lowest BCUT2D eigenvalue weighted by Crippen LogP contribution is -2.15. The highest BCUT2D eigenvalue weighted by Gasteiger charge is 2.33. The summed E-state index contributed by atoms with van der Waals surface area (Å²) in [6.45, 7) is 1.47. The minimum atomic E-state index is -4.29. The van der Waals surface area contributed by atoms with Crippen LogP contribution in [0.15, 0.2) is 88.7 Å². The second kappa shape index (κ2) is 9.39. The molecule has 4 rings (SSSR count). The molecule has 0 bridgehead atoms. The topological polar surface area (TPSA) is 131 Å². The molecule has 0 aliphatic carbocycles. The van der Waals surface area contributed by atoms with E-state index in [2.05, 4.69) is 5.10 Å². The molecule has 178 valence electrons. The SMILES string of the molecule is COc1ccccc1C(=O)Oc1c(S(=O)(=O)c2ccc([N+](=O)[O-])cc2)c(C)nn1-c1ccccc1. The molecule has 0 amide bonds. The van der Waals surface area contributed by atoms with Gasteiger partial charge in [0.2, 0.25) is 15.7 Å². The minimum Gasteiger partial charge on any atom is -0.496 e. The average Bonchev–Trinajstić information content (AvgIpc) is 3.20. The van der Waals surface area contributed by atoms with E-state index in [0.717, 1.165) is 24.3 Å². The summed E-state index contributed by atoms with van der Waals surface area (Å²) in [7, 11) is -2.89. The van der Waals surface area contributed by atoms with Crippen LogP contribution in [0, 0.1) is 17.0 Å². The van der Waals surface area contributed by atoms with Gasteiger partial charge < -0.3 is 9.47 Å². The van der Waals surface area contributed by atoms with Crippen LogP contribution in [0.25, 0.3) is 5.69 Å². The first-order valence-corrected chi connectivity index (χ1v) is 11.7. The highest BCUT2D eigenvalue weighted by molar-refractivity contribution is 7.91. The van der Waals surface area contributed by atoms with Gasteiger partial charge in [0.05, 0.1) is 28.3 Å². The number of methoxy groups -OCH3 is 1. The Kier molecular flexibility index (Phi) is 6.34. The fourth-order valence-corrected chi connectivity index (χ4v) is 4.97. The lowest BCUT2D eigenvalue weighted by atomic mass is 10.2. The number of hydrogen-bond donors (Lipinski definition) is 0. The molecule has 0 spiro atoms. The summed E-state index contributed by atoms with van der Waals surface area (Å²) in [6, 6.07) is 19.4. The maximum Gasteiger partial charge on any atom is 0.348 e. The standard InChI is InChI=1S/C24H19N3O7S/c1-16-22(35(31,32)19-14-12-18(13-15-19)27(29)30)23(26(25-16)17-8-4-3-5-9-17)34-24(28)20-10-6-7-11-21(20)33-2/h3-15H,1-2H3. The van der Waals surface area contributed by atoms with Crippen molar-refractivity contribution in [3.8, 4) is 17.3 Å². The molecule has 35 heavy (non-hydrogen) atoms. The van der Waals surface area contributed by atoms with E-state index in [1.165, 1.54) is 24.8 Å². The summed E-state index contributed by atoms with van der Waals surface area (Å²) < 4.78 is 39.3. The Morgan fingerprint density at radius 1 is 0.971 bits per heavy atom. The monoisotopic (exact) mass is 493 g/mol. The van der Waals surface area contributed by atoms with Crippen molar-refractivity contribution in [1.29, 1.82) is 0 Å². The summed E-state index contributed by atoms with van der Waals surface area (Å²) in [5, 5.41) is 15.3. The lowest BCUT2D eigenvalue weighted by molar-refractivity contribution is -0.384. The van der Waals surface area contributed by atoms with Gasteiger partial charge in [0.15, 0.2) is 4.90 Å². The van der Waals surface area contributed by atoms with Crippen LogP contribution in [-0.2, 0) is 9.84 Å². The first-order chi connectivity index (χ1) is 16.7. The van der Waals surface area contributed by atoms with E-state index in [1.807, 2.05) is 0 Å². The zero-order chi connectivity index (χ0) is 25.2. The van der Waals surface area contributed by atoms with E-state index < -0.39 is 20.7 Å². The fourth-order valence-electron chi connectivity index (χ4n) is 3.46. The number of para-hydroxylation sites is 2. The Morgan fingerprint density at radius 3 is 2.23 bits per heavy atom. The summed E-state index contributed by atoms with van der Waals surface area (Å²) in [5.41, 5.74) is 0.370. The largest absolute Gasteiger partial charge is 0.496 e. The molecule has 0 saturated carbocycles. The minimum absolute atomic E-state index is 0.0787. The molecule has 4 aromatic rings. The summed E-state index contributed by atoms with van der Waals surface area (Å²) in [4.78, 5) is 22.9. The number of nitro benzene ring substituents is 1. The summed E-state index contributed by atoms with van der Waals surface area (Å²) in [5.74, 6) is -0.914. The average molecular weight is 493 g/mol. The number of rotatable bonds is 7. The molecule has 0 atom stereocenters. The van der Waals surface area contributed by atoms with Crippen LogP contribution in [0.1, 0.15) is 16.1 Å². The van der Waals surface area contributed by atoms with Crippen LogP contribution >= 0.6 is 0 Å². The number of nitrogens with zero attached hydrogens (tertiary/aromatic N) is 3. The summed E-state index contributed by atoms with van der Waals surface area (Å²) >= 11 is 0. The Balaban J connectivity index is 1.88. The Hall–Kier alpha value is -4.51. The van der Waals surface area contributed by atoms with Crippen molar-refractivity contribution in [3.05, 3.63) is 100 Å². The number of ether oxygens (including phenoxy) is 2. The van der Waals surface area contributed by atoms with Gasteiger partial charge in [-0.3, -0.25) is 10.1 Å². The third-order valence-corrected chi connectivity index (χ3v) is 7.01. The number of sulfone groups is 1. The van der Waals surface area contributed by atoms with E-state index in [4.69, 9.17) is 9.47 Å². The van der Waals surface area contributed by atoms with Crippen molar-refractivity contribution in [3.63, 3.8) is 0 Å². The maximum absolute atomic E-state index is 13.6. The van der Waals surface area contributed by atoms with E-state index in [1.54, 1.807) is 48.5 Å². The zero-order valence-electron chi connectivity index (χ0n) is 18.6. The van der Waals surface area contributed by atoms with Gasteiger partial charge >= 0.3 is 5.97 Å². The number of carbonyl (C=O) groups excluding carboxylic acids is 1. The van der Waals surface area contributed by atoms with E-state index >= 15 is 0 Å². The van der Waals surface area contributed by atoms with Crippen molar-refractivity contribution in [2.24, 2.45) is 0 Å². The van der Waals surface area contributed by atoms with Crippen molar-refractivity contribution in [2.75, 3.05) is 7.11 Å². The normalized spacial score (nSPS) is 11.1. The lowest BCUT2D eigenvalue weighted by Gasteiger charge is -2.12. The van der Waals surface area contributed by atoms with Gasteiger partial charge in [-0.25, -0.2) is 13.2 Å². The predicted molar refractivity (Wildman–Crippen MR) is 125 cm³/mol. The molecule has 1 aromatic heterocycles.